The van der Waals surface area contributed by atoms with Gasteiger partial charge in [0, 0.05) is 11.0 Å². The van der Waals surface area contributed by atoms with Crippen molar-refractivity contribution in [2.75, 3.05) is 6.54 Å². The topological polar surface area (TPSA) is 86.6 Å². The highest BCUT2D eigenvalue weighted by Crippen LogP contribution is 2.40. The van der Waals surface area contributed by atoms with Gasteiger partial charge in [-0.05, 0) is 85.8 Å². The number of hydrogen-bond acceptors (Lipinski definition) is 3. The van der Waals surface area contributed by atoms with Crippen LogP contribution >= 0.6 is 0 Å². The monoisotopic (exact) mass is 481 g/mol. The summed E-state index contributed by atoms with van der Waals surface area (Å²) in [6, 6.07) is 12.6. The Labute approximate surface area is 211 Å². The second-order valence-electron chi connectivity index (χ2n) is 9.95. The zero-order valence-corrected chi connectivity index (χ0v) is 22.5. The van der Waals surface area contributed by atoms with Gasteiger partial charge in [-0.15, -0.1) is 0 Å². The molecule has 5 nitrogen and oxygen atoms in total. The van der Waals surface area contributed by atoms with E-state index in [0.717, 1.165) is 43.2 Å². The Kier molecular flexibility index (Phi) is 9.68. The molecule has 0 aliphatic carbocycles. The van der Waals surface area contributed by atoms with Gasteiger partial charge in [0.05, 0.1) is 5.60 Å². The van der Waals surface area contributed by atoms with E-state index in [1.54, 1.807) is 6.07 Å². The summed E-state index contributed by atoms with van der Waals surface area (Å²) >= 11 is 0. The molecule has 1 amide bonds. The van der Waals surface area contributed by atoms with E-state index < -0.39 is 18.1 Å². The number of aryl methyl sites for hydroxylation is 2. The minimum Gasteiger partial charge on any atom is -0.480 e. The Balaban J connectivity index is 2.41. The minimum absolute atomic E-state index is 0.173. The van der Waals surface area contributed by atoms with Crippen molar-refractivity contribution in [3.8, 4) is 0 Å². The maximum Gasteiger partial charge on any atom is 0.322 e. The molecule has 0 saturated heterocycles. The van der Waals surface area contributed by atoms with Crippen molar-refractivity contribution in [2.24, 2.45) is 5.92 Å². The van der Waals surface area contributed by atoms with E-state index in [2.05, 4.69) is 71.1 Å². The largest absolute Gasteiger partial charge is 0.480 e. The van der Waals surface area contributed by atoms with Crippen LogP contribution in [0.25, 0.3) is 0 Å². The highest BCUT2D eigenvalue weighted by atomic mass is 16.4. The van der Waals surface area contributed by atoms with Crippen LogP contribution in [0.15, 0.2) is 36.4 Å². The summed E-state index contributed by atoms with van der Waals surface area (Å²) in [5, 5.41) is 22.2. The van der Waals surface area contributed by atoms with Crippen LogP contribution < -0.4 is 5.32 Å². The Hall–Kier alpha value is -2.66. The first-order valence-electron chi connectivity index (χ1n) is 12.9. The van der Waals surface area contributed by atoms with E-state index in [0.29, 0.717) is 5.56 Å². The number of carbonyl (C=O) groups is 2. The number of aliphatic carboxylic acids is 1. The Morgan fingerprint density at radius 3 is 1.89 bits per heavy atom. The lowest BCUT2D eigenvalue weighted by molar-refractivity contribution is -0.135. The van der Waals surface area contributed by atoms with E-state index in [4.69, 9.17) is 5.11 Å². The normalized spacial score (nSPS) is 12.9. The number of carbonyl (C=O) groups excluding carboxylic acids is 1. The van der Waals surface area contributed by atoms with Crippen molar-refractivity contribution in [3.05, 3.63) is 69.8 Å². The molecule has 2 rings (SSSR count). The van der Waals surface area contributed by atoms with Gasteiger partial charge in [-0.3, -0.25) is 9.59 Å². The summed E-state index contributed by atoms with van der Waals surface area (Å²) in [5.41, 5.74) is 5.40. The van der Waals surface area contributed by atoms with E-state index in [9.17, 15) is 14.7 Å². The van der Waals surface area contributed by atoms with Gasteiger partial charge in [-0.1, -0.05) is 65.0 Å². The molecule has 192 valence electrons. The third kappa shape index (κ3) is 6.13. The molecule has 0 fully saturated rings. The van der Waals surface area contributed by atoms with Gasteiger partial charge in [0.25, 0.3) is 5.91 Å². The summed E-state index contributed by atoms with van der Waals surface area (Å²) in [6.45, 7) is 14.3. The SMILES string of the molecule is CCC(CC)(c1ccc(CC(C)C(O)(CC)CC)c(C)c1)c1ccc(C(=O)NCC(=O)O)c(C)c1. The maximum absolute atomic E-state index is 12.4. The van der Waals surface area contributed by atoms with Crippen molar-refractivity contribution < 1.29 is 19.8 Å². The summed E-state index contributed by atoms with van der Waals surface area (Å²) in [6.07, 6.45) is 4.16. The highest BCUT2D eigenvalue weighted by Gasteiger charge is 2.33. The molecule has 0 spiro atoms. The molecule has 0 radical (unpaired) electrons. The lowest BCUT2D eigenvalue weighted by Gasteiger charge is -2.35. The van der Waals surface area contributed by atoms with Crippen LogP contribution in [0.5, 0.6) is 0 Å². The summed E-state index contributed by atoms with van der Waals surface area (Å²) in [5.74, 6) is -1.26. The van der Waals surface area contributed by atoms with Crippen LogP contribution in [0.2, 0.25) is 0 Å². The lowest BCUT2D eigenvalue weighted by Crippen LogP contribution is -2.36. The first-order valence-corrected chi connectivity index (χ1v) is 12.9. The van der Waals surface area contributed by atoms with Crippen LogP contribution in [0.1, 0.15) is 98.5 Å². The van der Waals surface area contributed by atoms with E-state index in [-0.39, 0.29) is 17.2 Å². The molecule has 1 unspecified atom stereocenters. The van der Waals surface area contributed by atoms with Crippen LogP contribution in [0, 0.1) is 19.8 Å². The molecule has 0 bridgehead atoms. The fraction of sp³-hybridized carbons (Fsp3) is 0.533. The van der Waals surface area contributed by atoms with E-state index in [1.165, 1.54) is 16.7 Å². The smallest absolute Gasteiger partial charge is 0.322 e. The van der Waals surface area contributed by atoms with Gasteiger partial charge in [-0.25, -0.2) is 0 Å². The molecule has 0 aliphatic rings. The molecule has 2 aromatic carbocycles. The number of nitrogens with one attached hydrogen (secondary N) is 1. The predicted octanol–water partition coefficient (Wildman–Crippen LogP) is 5.95. The van der Waals surface area contributed by atoms with Crippen molar-refractivity contribution in [1.29, 1.82) is 0 Å². The molecule has 3 N–H and O–H groups in total. The number of carboxylic acid groups (broad SMARTS) is 1. The van der Waals surface area contributed by atoms with Crippen molar-refractivity contribution in [2.45, 2.75) is 91.6 Å². The molecule has 0 aromatic heterocycles. The molecule has 0 aliphatic heterocycles. The third-order valence-electron chi connectivity index (χ3n) is 8.19. The van der Waals surface area contributed by atoms with Gasteiger partial charge in [0.15, 0.2) is 0 Å². The first kappa shape index (κ1) is 28.6. The molecule has 1 atom stereocenters. The van der Waals surface area contributed by atoms with E-state index in [1.807, 2.05) is 13.0 Å². The molecule has 35 heavy (non-hydrogen) atoms. The fourth-order valence-electron chi connectivity index (χ4n) is 5.39. The van der Waals surface area contributed by atoms with Crippen molar-refractivity contribution in [3.63, 3.8) is 0 Å². The Bertz CT molecular complexity index is 1030. The molecule has 0 heterocycles. The van der Waals surface area contributed by atoms with Gasteiger partial charge >= 0.3 is 5.97 Å². The number of rotatable bonds is 12. The van der Waals surface area contributed by atoms with E-state index >= 15 is 0 Å². The zero-order chi connectivity index (χ0) is 26.4. The molecular formula is C30H43NO4. The number of benzene rings is 2. The van der Waals surface area contributed by atoms with Crippen LogP contribution in [-0.4, -0.2) is 34.2 Å². The second kappa shape index (κ2) is 11.9. The number of amides is 1. The second-order valence-corrected chi connectivity index (χ2v) is 9.95. The average molecular weight is 482 g/mol. The van der Waals surface area contributed by atoms with Crippen LogP contribution in [0.3, 0.4) is 0 Å². The zero-order valence-electron chi connectivity index (χ0n) is 22.5. The highest BCUT2D eigenvalue weighted by molar-refractivity contribution is 5.97. The van der Waals surface area contributed by atoms with Crippen LogP contribution in [0.4, 0.5) is 0 Å². The van der Waals surface area contributed by atoms with Crippen LogP contribution in [-0.2, 0) is 16.6 Å². The summed E-state index contributed by atoms with van der Waals surface area (Å²) < 4.78 is 0. The lowest BCUT2D eigenvalue weighted by atomic mass is 9.69. The molecular weight excluding hydrogens is 438 g/mol. The molecule has 2 aromatic rings. The third-order valence-corrected chi connectivity index (χ3v) is 8.19. The fourth-order valence-corrected chi connectivity index (χ4v) is 5.39. The summed E-state index contributed by atoms with van der Waals surface area (Å²) in [4.78, 5) is 23.2. The minimum atomic E-state index is -1.06. The quantitative estimate of drug-likeness (QED) is 0.349. The Morgan fingerprint density at radius 2 is 1.43 bits per heavy atom. The van der Waals surface area contributed by atoms with Gasteiger partial charge in [0.1, 0.15) is 6.54 Å². The van der Waals surface area contributed by atoms with Gasteiger partial charge < -0.3 is 15.5 Å². The van der Waals surface area contributed by atoms with Gasteiger partial charge in [-0.2, -0.15) is 0 Å². The maximum atomic E-state index is 12.4. The number of hydrogen-bond donors (Lipinski definition) is 3. The molecule has 5 heteroatoms. The summed E-state index contributed by atoms with van der Waals surface area (Å²) in [7, 11) is 0. The van der Waals surface area contributed by atoms with Crippen molar-refractivity contribution in [1.82, 2.24) is 5.32 Å². The number of carboxylic acids is 1. The van der Waals surface area contributed by atoms with Gasteiger partial charge in [0.2, 0.25) is 0 Å². The first-order chi connectivity index (χ1) is 16.5. The predicted molar refractivity (Wildman–Crippen MR) is 142 cm³/mol. The molecule has 0 saturated carbocycles. The Morgan fingerprint density at radius 1 is 0.886 bits per heavy atom. The number of aliphatic hydroxyl groups is 1. The standard InChI is InChI=1S/C30H43NO4/c1-8-29(9-2,25-14-15-26(21(6)17-25)28(34)31-19-27(32)33)24-13-12-23(20(5)16-24)18-22(7)30(35,10-3)11-4/h12-17,22,35H,8-11,18-19H2,1-7H3,(H,31,34)(H,32,33). The van der Waals surface area contributed by atoms with Crippen molar-refractivity contribution >= 4 is 11.9 Å². The average Bonchev–Trinajstić information content (AvgIpc) is 2.84.